The Hall–Kier alpha value is -1.58. The van der Waals surface area contributed by atoms with E-state index < -0.39 is 11.8 Å². The van der Waals surface area contributed by atoms with Crippen LogP contribution in [0.15, 0.2) is 12.1 Å². The normalized spacial score (nSPS) is 13.8. The zero-order valence-corrected chi connectivity index (χ0v) is 6.96. The van der Waals surface area contributed by atoms with Gasteiger partial charge in [0, 0.05) is 5.56 Å². The molecule has 0 aliphatic carbocycles. The van der Waals surface area contributed by atoms with Crippen LogP contribution in [0.4, 0.5) is 4.39 Å². The molecule has 1 aromatic rings. The molecule has 0 fully saturated rings. The second kappa shape index (κ2) is 2.73. The van der Waals surface area contributed by atoms with E-state index in [1.807, 2.05) is 0 Å². The fourth-order valence-electron chi connectivity index (χ4n) is 1.37. The molecule has 2 rings (SSSR count). The van der Waals surface area contributed by atoms with Gasteiger partial charge < -0.3 is 9.47 Å². The molecule has 13 heavy (non-hydrogen) atoms. The maximum absolute atomic E-state index is 13.1. The van der Waals surface area contributed by atoms with Crippen LogP contribution in [-0.4, -0.2) is 13.1 Å². The lowest BCUT2D eigenvalue weighted by molar-refractivity contribution is 0.0534. The molecule has 0 saturated carbocycles. The largest absolute Gasteiger partial charge is 0.493 e. The third-order valence-electron chi connectivity index (χ3n) is 1.98. The van der Waals surface area contributed by atoms with Crippen LogP contribution in [0.25, 0.3) is 0 Å². The lowest BCUT2D eigenvalue weighted by Crippen LogP contribution is -1.96. The van der Waals surface area contributed by atoms with E-state index in [0.717, 1.165) is 0 Å². The number of benzene rings is 1. The van der Waals surface area contributed by atoms with Gasteiger partial charge in [0.1, 0.15) is 6.61 Å². The number of halogens is 1. The van der Waals surface area contributed by atoms with Crippen LogP contribution in [0.1, 0.15) is 15.9 Å². The summed E-state index contributed by atoms with van der Waals surface area (Å²) in [6.45, 7) is 0.0924. The maximum atomic E-state index is 13.1. The molecule has 0 radical (unpaired) electrons. The molecule has 0 N–H and O–H groups in total. The molecule has 1 aliphatic heterocycles. The zero-order valence-electron chi connectivity index (χ0n) is 6.96. The molecule has 0 saturated heterocycles. The number of esters is 1. The first-order valence-corrected chi connectivity index (χ1v) is 3.76. The summed E-state index contributed by atoms with van der Waals surface area (Å²) in [5, 5.41) is 0. The van der Waals surface area contributed by atoms with Crippen LogP contribution in [0.5, 0.6) is 5.75 Å². The van der Waals surface area contributed by atoms with Gasteiger partial charge in [-0.1, -0.05) is 0 Å². The standard InChI is InChI=1S/C9H7FO3/c1-12-8-6-4-13-9(11)5(6)2-3-7(8)10/h2-3H,4H2,1H3. The van der Waals surface area contributed by atoms with Crippen LogP contribution in [0, 0.1) is 5.82 Å². The Morgan fingerprint density at radius 2 is 2.31 bits per heavy atom. The van der Waals surface area contributed by atoms with Gasteiger partial charge in [-0.25, -0.2) is 9.18 Å². The quantitative estimate of drug-likeness (QED) is 0.617. The van der Waals surface area contributed by atoms with Crippen molar-refractivity contribution in [2.75, 3.05) is 7.11 Å². The fourth-order valence-corrected chi connectivity index (χ4v) is 1.37. The highest BCUT2D eigenvalue weighted by atomic mass is 19.1. The molecule has 0 aromatic heterocycles. The van der Waals surface area contributed by atoms with Crippen molar-refractivity contribution < 1.29 is 18.7 Å². The van der Waals surface area contributed by atoms with Crippen molar-refractivity contribution in [2.24, 2.45) is 0 Å². The van der Waals surface area contributed by atoms with E-state index >= 15 is 0 Å². The van der Waals surface area contributed by atoms with Gasteiger partial charge in [0.2, 0.25) is 0 Å². The third kappa shape index (κ3) is 1.06. The molecule has 0 amide bonds. The summed E-state index contributed by atoms with van der Waals surface area (Å²) < 4.78 is 22.6. The first kappa shape index (κ1) is 8.04. The average Bonchev–Trinajstić information content (AvgIpc) is 2.48. The number of hydrogen-bond acceptors (Lipinski definition) is 3. The van der Waals surface area contributed by atoms with Gasteiger partial charge in [-0.05, 0) is 12.1 Å². The lowest BCUT2D eigenvalue weighted by Gasteiger charge is -2.04. The molecule has 0 unspecified atom stereocenters. The number of cyclic esters (lactones) is 1. The number of rotatable bonds is 1. The Kier molecular flexibility index (Phi) is 1.69. The zero-order chi connectivity index (χ0) is 9.42. The molecule has 1 aromatic carbocycles. The monoisotopic (exact) mass is 182 g/mol. The average molecular weight is 182 g/mol. The van der Waals surface area contributed by atoms with Gasteiger partial charge in [-0.15, -0.1) is 0 Å². The summed E-state index contributed by atoms with van der Waals surface area (Å²) in [6, 6.07) is 2.60. The number of methoxy groups -OCH3 is 1. The summed E-state index contributed by atoms with van der Waals surface area (Å²) in [4.78, 5) is 11.0. The first-order valence-electron chi connectivity index (χ1n) is 3.76. The van der Waals surface area contributed by atoms with Crippen molar-refractivity contribution in [1.29, 1.82) is 0 Å². The smallest absolute Gasteiger partial charge is 0.339 e. The Labute approximate surface area is 74.1 Å². The highest BCUT2D eigenvalue weighted by Crippen LogP contribution is 2.31. The summed E-state index contributed by atoms with van der Waals surface area (Å²) in [5.74, 6) is -0.795. The number of carbonyl (C=O) groups excluding carboxylic acids is 1. The molecule has 3 nitrogen and oxygen atoms in total. The van der Waals surface area contributed by atoms with E-state index in [1.54, 1.807) is 0 Å². The second-order valence-corrected chi connectivity index (χ2v) is 2.68. The van der Waals surface area contributed by atoms with Crippen LogP contribution >= 0.6 is 0 Å². The summed E-state index contributed by atoms with van der Waals surface area (Å²) >= 11 is 0. The molecule has 1 heterocycles. The number of ether oxygens (including phenoxy) is 2. The predicted molar refractivity (Wildman–Crippen MR) is 42.1 cm³/mol. The molecule has 0 bridgehead atoms. The summed E-state index contributed by atoms with van der Waals surface area (Å²) in [6.07, 6.45) is 0. The van der Waals surface area contributed by atoms with Crippen LogP contribution in [-0.2, 0) is 11.3 Å². The molecule has 0 atom stereocenters. The third-order valence-corrected chi connectivity index (χ3v) is 1.98. The molecular weight excluding hydrogens is 175 g/mol. The molecule has 68 valence electrons. The van der Waals surface area contributed by atoms with E-state index in [1.165, 1.54) is 19.2 Å². The van der Waals surface area contributed by atoms with Crippen molar-refractivity contribution in [3.05, 3.63) is 29.1 Å². The first-order chi connectivity index (χ1) is 6.24. The van der Waals surface area contributed by atoms with Crippen molar-refractivity contribution in [2.45, 2.75) is 6.61 Å². The lowest BCUT2D eigenvalue weighted by atomic mass is 10.1. The van der Waals surface area contributed by atoms with Gasteiger partial charge in [0.05, 0.1) is 12.7 Å². The Morgan fingerprint density at radius 1 is 1.54 bits per heavy atom. The molecular formula is C9H7FO3. The van der Waals surface area contributed by atoms with Crippen molar-refractivity contribution in [3.8, 4) is 5.75 Å². The highest BCUT2D eigenvalue weighted by molar-refractivity contribution is 5.94. The van der Waals surface area contributed by atoms with Crippen LogP contribution in [0.3, 0.4) is 0 Å². The van der Waals surface area contributed by atoms with Gasteiger partial charge in [-0.2, -0.15) is 0 Å². The minimum Gasteiger partial charge on any atom is -0.493 e. The van der Waals surface area contributed by atoms with E-state index in [4.69, 9.17) is 9.47 Å². The van der Waals surface area contributed by atoms with E-state index in [9.17, 15) is 9.18 Å². The van der Waals surface area contributed by atoms with Gasteiger partial charge in [-0.3, -0.25) is 0 Å². The topological polar surface area (TPSA) is 35.5 Å². The minimum absolute atomic E-state index is 0.0924. The van der Waals surface area contributed by atoms with E-state index in [0.29, 0.717) is 11.1 Å². The number of carbonyl (C=O) groups is 1. The van der Waals surface area contributed by atoms with Gasteiger partial charge in [0.25, 0.3) is 0 Å². The highest BCUT2D eigenvalue weighted by Gasteiger charge is 2.26. The SMILES string of the molecule is COc1c(F)ccc2c1COC2=O. The molecule has 4 heteroatoms. The van der Waals surface area contributed by atoms with E-state index in [2.05, 4.69) is 0 Å². The predicted octanol–water partition coefficient (Wildman–Crippen LogP) is 1.50. The Morgan fingerprint density at radius 3 is 3.00 bits per heavy atom. The van der Waals surface area contributed by atoms with Gasteiger partial charge in [0.15, 0.2) is 11.6 Å². The maximum Gasteiger partial charge on any atom is 0.339 e. The molecule has 1 aliphatic rings. The van der Waals surface area contributed by atoms with Crippen molar-refractivity contribution in [3.63, 3.8) is 0 Å². The van der Waals surface area contributed by atoms with Crippen LogP contribution in [0.2, 0.25) is 0 Å². The minimum atomic E-state index is -0.473. The number of hydrogen-bond donors (Lipinski definition) is 0. The fraction of sp³-hybridized carbons (Fsp3) is 0.222. The van der Waals surface area contributed by atoms with E-state index in [-0.39, 0.29) is 12.4 Å². The Bertz CT molecular complexity index is 373. The summed E-state index contributed by atoms with van der Waals surface area (Å²) in [7, 11) is 1.36. The van der Waals surface area contributed by atoms with Crippen molar-refractivity contribution in [1.82, 2.24) is 0 Å². The van der Waals surface area contributed by atoms with Crippen molar-refractivity contribution >= 4 is 5.97 Å². The molecule has 0 spiro atoms. The second-order valence-electron chi connectivity index (χ2n) is 2.68. The Balaban J connectivity index is 2.64. The summed E-state index contributed by atoms with van der Waals surface area (Å²) in [5.41, 5.74) is 0.880. The van der Waals surface area contributed by atoms with Crippen LogP contribution < -0.4 is 4.74 Å². The van der Waals surface area contributed by atoms with Gasteiger partial charge >= 0.3 is 5.97 Å². The number of fused-ring (bicyclic) bond motifs is 1.